The van der Waals surface area contributed by atoms with Crippen LogP contribution < -0.4 is 5.32 Å². The van der Waals surface area contributed by atoms with Crippen molar-refractivity contribution in [1.82, 2.24) is 10.2 Å². The summed E-state index contributed by atoms with van der Waals surface area (Å²) in [7, 11) is 0. The van der Waals surface area contributed by atoms with Crippen molar-refractivity contribution in [2.24, 2.45) is 0 Å². The highest BCUT2D eigenvalue weighted by Gasteiger charge is 2.39. The molecule has 12 heavy (non-hydrogen) atoms. The van der Waals surface area contributed by atoms with Gasteiger partial charge in [-0.05, 0) is 33.6 Å². The van der Waals surface area contributed by atoms with Gasteiger partial charge in [-0.3, -0.25) is 4.90 Å². The zero-order valence-electron chi connectivity index (χ0n) is 8.38. The normalized spacial score (nSPS) is 42.5. The first kappa shape index (κ1) is 8.52. The minimum atomic E-state index is 0.718. The van der Waals surface area contributed by atoms with Crippen LogP contribution >= 0.6 is 0 Å². The molecule has 2 heteroatoms. The summed E-state index contributed by atoms with van der Waals surface area (Å²) in [5, 5.41) is 3.61. The molecular weight excluding hydrogens is 148 g/mol. The van der Waals surface area contributed by atoms with Gasteiger partial charge in [-0.2, -0.15) is 0 Å². The number of fused-ring (bicyclic) bond motifs is 3. The van der Waals surface area contributed by atoms with Gasteiger partial charge in [0.25, 0.3) is 0 Å². The first-order valence-electron chi connectivity index (χ1n) is 5.21. The summed E-state index contributed by atoms with van der Waals surface area (Å²) in [5.74, 6) is 0. The van der Waals surface area contributed by atoms with Crippen LogP contribution in [-0.2, 0) is 0 Å². The van der Waals surface area contributed by atoms with Gasteiger partial charge in [0, 0.05) is 30.7 Å². The molecule has 0 aromatic heterocycles. The molecule has 0 aromatic rings. The standard InChI is InChI=1S/C10H20N2/c1-7(2)12-8(3)10-5-4-9(12)6-11-10/h7-11H,4-6H2,1-3H3/t8?,9-,10-/m0/s1. The molecule has 3 aliphatic rings. The van der Waals surface area contributed by atoms with E-state index in [4.69, 9.17) is 0 Å². The maximum absolute atomic E-state index is 3.61. The maximum Gasteiger partial charge on any atom is 0.0227 e. The third kappa shape index (κ3) is 1.17. The predicted octanol–water partition coefficient (Wildman–Crippen LogP) is 1.22. The van der Waals surface area contributed by atoms with Gasteiger partial charge >= 0.3 is 0 Å². The summed E-state index contributed by atoms with van der Waals surface area (Å²) in [5.41, 5.74) is 0. The van der Waals surface area contributed by atoms with Gasteiger partial charge in [-0.25, -0.2) is 0 Å². The number of piperazine rings is 1. The Labute approximate surface area is 75.3 Å². The lowest BCUT2D eigenvalue weighted by molar-refractivity contribution is -0.000149. The zero-order valence-corrected chi connectivity index (χ0v) is 8.38. The summed E-state index contributed by atoms with van der Waals surface area (Å²) in [6.07, 6.45) is 2.79. The monoisotopic (exact) mass is 168 g/mol. The van der Waals surface area contributed by atoms with E-state index in [0.29, 0.717) is 0 Å². The third-order valence-electron chi connectivity index (χ3n) is 3.50. The van der Waals surface area contributed by atoms with Crippen LogP contribution in [0.1, 0.15) is 33.6 Å². The van der Waals surface area contributed by atoms with E-state index in [1.807, 2.05) is 0 Å². The van der Waals surface area contributed by atoms with E-state index in [9.17, 15) is 0 Å². The van der Waals surface area contributed by atoms with Crippen LogP contribution in [0.2, 0.25) is 0 Å². The molecule has 0 saturated carbocycles. The van der Waals surface area contributed by atoms with E-state index in [1.54, 1.807) is 0 Å². The SMILES string of the molecule is CC(C)N1C(C)[C@@H]2CC[C@H]1CN2. The summed E-state index contributed by atoms with van der Waals surface area (Å²) in [6, 6.07) is 3.04. The number of nitrogens with zero attached hydrogens (tertiary/aromatic N) is 1. The Kier molecular flexibility index (Phi) is 2.13. The smallest absolute Gasteiger partial charge is 0.0227 e. The quantitative estimate of drug-likeness (QED) is 0.633. The first-order valence-corrected chi connectivity index (χ1v) is 5.21. The lowest BCUT2D eigenvalue weighted by Crippen LogP contribution is -2.67. The highest BCUT2D eigenvalue weighted by Crippen LogP contribution is 2.29. The molecule has 0 amide bonds. The van der Waals surface area contributed by atoms with E-state index >= 15 is 0 Å². The van der Waals surface area contributed by atoms with Crippen LogP contribution in [0, 0.1) is 0 Å². The van der Waals surface area contributed by atoms with Crippen molar-refractivity contribution in [2.75, 3.05) is 6.54 Å². The number of hydrogen-bond acceptors (Lipinski definition) is 2. The largest absolute Gasteiger partial charge is 0.311 e. The Morgan fingerprint density at radius 1 is 1.33 bits per heavy atom. The third-order valence-corrected chi connectivity index (χ3v) is 3.50. The zero-order chi connectivity index (χ0) is 8.72. The molecule has 3 aliphatic heterocycles. The lowest BCUT2D eigenvalue weighted by atomic mass is 9.86. The molecule has 0 aromatic carbocycles. The van der Waals surface area contributed by atoms with Crippen LogP contribution in [0.25, 0.3) is 0 Å². The molecule has 1 unspecified atom stereocenters. The van der Waals surface area contributed by atoms with Crippen molar-refractivity contribution in [1.29, 1.82) is 0 Å². The molecule has 2 bridgehead atoms. The molecular formula is C10H20N2. The number of nitrogens with one attached hydrogen (secondary N) is 1. The van der Waals surface area contributed by atoms with Gasteiger partial charge in [0.2, 0.25) is 0 Å². The summed E-state index contributed by atoms with van der Waals surface area (Å²) in [6.45, 7) is 8.21. The number of rotatable bonds is 1. The Balaban J connectivity index is 2.12. The fourth-order valence-corrected chi connectivity index (χ4v) is 2.96. The molecule has 3 rings (SSSR count). The van der Waals surface area contributed by atoms with E-state index in [0.717, 1.165) is 24.2 Å². The average molecular weight is 168 g/mol. The van der Waals surface area contributed by atoms with Gasteiger partial charge in [-0.1, -0.05) is 0 Å². The Morgan fingerprint density at radius 2 is 2.08 bits per heavy atom. The number of hydrogen-bond donors (Lipinski definition) is 1. The first-order chi connectivity index (χ1) is 5.70. The molecule has 0 radical (unpaired) electrons. The van der Waals surface area contributed by atoms with Crippen molar-refractivity contribution in [2.45, 2.75) is 57.8 Å². The van der Waals surface area contributed by atoms with Crippen LogP contribution in [0.3, 0.4) is 0 Å². The second-order valence-electron chi connectivity index (χ2n) is 4.53. The van der Waals surface area contributed by atoms with E-state index in [1.165, 1.54) is 19.4 Å². The van der Waals surface area contributed by atoms with Crippen molar-refractivity contribution in [3.63, 3.8) is 0 Å². The molecule has 0 aliphatic carbocycles. The minimum absolute atomic E-state index is 0.718. The maximum atomic E-state index is 3.61. The van der Waals surface area contributed by atoms with E-state index < -0.39 is 0 Å². The fraction of sp³-hybridized carbons (Fsp3) is 1.00. The van der Waals surface area contributed by atoms with Crippen LogP contribution in [0.15, 0.2) is 0 Å². The molecule has 2 nitrogen and oxygen atoms in total. The highest BCUT2D eigenvalue weighted by atomic mass is 15.3. The topological polar surface area (TPSA) is 15.3 Å². The van der Waals surface area contributed by atoms with E-state index in [2.05, 4.69) is 31.0 Å². The fourth-order valence-electron chi connectivity index (χ4n) is 2.96. The second-order valence-corrected chi connectivity index (χ2v) is 4.53. The van der Waals surface area contributed by atoms with Crippen molar-refractivity contribution < 1.29 is 0 Å². The molecule has 3 heterocycles. The van der Waals surface area contributed by atoms with Crippen LogP contribution in [0.4, 0.5) is 0 Å². The van der Waals surface area contributed by atoms with Crippen LogP contribution in [-0.4, -0.2) is 35.6 Å². The van der Waals surface area contributed by atoms with Gasteiger partial charge < -0.3 is 5.32 Å². The molecule has 70 valence electrons. The van der Waals surface area contributed by atoms with Crippen molar-refractivity contribution in [3.8, 4) is 0 Å². The van der Waals surface area contributed by atoms with Crippen LogP contribution in [0.5, 0.6) is 0 Å². The minimum Gasteiger partial charge on any atom is -0.311 e. The Bertz CT molecular complexity index is 157. The molecule has 3 atom stereocenters. The summed E-state index contributed by atoms with van der Waals surface area (Å²) in [4.78, 5) is 2.69. The Hall–Kier alpha value is -0.0800. The van der Waals surface area contributed by atoms with Gasteiger partial charge in [0.15, 0.2) is 0 Å². The van der Waals surface area contributed by atoms with Crippen molar-refractivity contribution in [3.05, 3.63) is 0 Å². The summed E-state index contributed by atoms with van der Waals surface area (Å²) < 4.78 is 0. The summed E-state index contributed by atoms with van der Waals surface area (Å²) >= 11 is 0. The molecule has 0 spiro atoms. The second kappa shape index (κ2) is 3.00. The molecule has 3 fully saturated rings. The van der Waals surface area contributed by atoms with Gasteiger partial charge in [0.1, 0.15) is 0 Å². The Morgan fingerprint density at radius 3 is 2.42 bits per heavy atom. The molecule has 3 saturated heterocycles. The van der Waals surface area contributed by atoms with Gasteiger partial charge in [0.05, 0.1) is 0 Å². The average Bonchev–Trinajstić information content (AvgIpc) is 2.05. The lowest BCUT2D eigenvalue weighted by Gasteiger charge is -2.52. The highest BCUT2D eigenvalue weighted by molar-refractivity contribution is 4.98. The van der Waals surface area contributed by atoms with Crippen molar-refractivity contribution >= 4 is 0 Å². The predicted molar refractivity (Wildman–Crippen MR) is 51.2 cm³/mol. The number of piperidine rings is 2. The van der Waals surface area contributed by atoms with Gasteiger partial charge in [-0.15, -0.1) is 0 Å². The van der Waals surface area contributed by atoms with E-state index in [-0.39, 0.29) is 0 Å². The molecule has 1 N–H and O–H groups in total.